The van der Waals surface area contributed by atoms with Gasteiger partial charge >= 0.3 is 5.97 Å². The monoisotopic (exact) mass is 407 g/mol. The minimum Gasteiger partial charge on any atom is -0.462 e. The Morgan fingerprint density at radius 2 is 1.79 bits per heavy atom. The van der Waals surface area contributed by atoms with Gasteiger partial charge in [0.15, 0.2) is 0 Å². The number of ether oxygens (including phenoxy) is 1. The number of anilines is 1. The molecule has 3 rings (SSSR count). The second-order valence-corrected chi connectivity index (χ2v) is 7.81. The maximum absolute atomic E-state index is 12.7. The van der Waals surface area contributed by atoms with Gasteiger partial charge in [0, 0.05) is 17.4 Å². The van der Waals surface area contributed by atoms with E-state index in [2.05, 4.69) is 11.4 Å². The van der Waals surface area contributed by atoms with E-state index >= 15 is 0 Å². The van der Waals surface area contributed by atoms with E-state index < -0.39 is 5.97 Å². The van der Waals surface area contributed by atoms with Crippen LogP contribution in [0.1, 0.15) is 40.4 Å². The second-order valence-electron chi connectivity index (χ2n) is 6.93. The summed E-state index contributed by atoms with van der Waals surface area (Å²) >= 11 is 1.36. The number of thiophene rings is 1. The fourth-order valence-electron chi connectivity index (χ4n) is 3.26. The highest BCUT2D eigenvalue weighted by atomic mass is 32.1. The Labute approximate surface area is 175 Å². The molecule has 0 atom stereocenters. The summed E-state index contributed by atoms with van der Waals surface area (Å²) in [5.41, 5.74) is 5.54. The van der Waals surface area contributed by atoms with Gasteiger partial charge in [-0.2, -0.15) is 0 Å². The van der Waals surface area contributed by atoms with Crippen molar-refractivity contribution in [3.63, 3.8) is 0 Å². The summed E-state index contributed by atoms with van der Waals surface area (Å²) < 4.78 is 5.28. The van der Waals surface area contributed by atoms with Gasteiger partial charge in [-0.3, -0.25) is 4.79 Å². The molecule has 1 N–H and O–H groups in total. The number of rotatable bonds is 7. The van der Waals surface area contributed by atoms with Gasteiger partial charge in [0.2, 0.25) is 5.91 Å². The topological polar surface area (TPSA) is 55.4 Å². The summed E-state index contributed by atoms with van der Waals surface area (Å²) in [4.78, 5) is 25.2. The Morgan fingerprint density at radius 1 is 1.03 bits per heavy atom. The third-order valence-corrected chi connectivity index (χ3v) is 5.57. The fourth-order valence-corrected chi connectivity index (χ4v) is 4.23. The Bertz CT molecular complexity index is 1010. The van der Waals surface area contributed by atoms with Gasteiger partial charge in [0.25, 0.3) is 0 Å². The van der Waals surface area contributed by atoms with Gasteiger partial charge in [-0.25, -0.2) is 4.79 Å². The lowest BCUT2D eigenvalue weighted by atomic mass is 9.97. The van der Waals surface area contributed by atoms with Crippen LogP contribution >= 0.6 is 11.3 Å². The number of hydrogen-bond donors (Lipinski definition) is 1. The molecule has 0 aliphatic heterocycles. The third-order valence-electron chi connectivity index (χ3n) is 4.68. The number of aryl methyl sites for hydroxylation is 3. The molecule has 0 saturated carbocycles. The minimum atomic E-state index is -0.415. The van der Waals surface area contributed by atoms with Crippen LogP contribution in [0.4, 0.5) is 5.00 Å². The molecule has 0 bridgehead atoms. The Balaban J connectivity index is 1.85. The average molecular weight is 408 g/mol. The third kappa shape index (κ3) is 5.12. The first-order valence-corrected chi connectivity index (χ1v) is 10.6. The van der Waals surface area contributed by atoms with E-state index in [1.165, 1.54) is 11.3 Å². The number of carbonyl (C=O) groups is 2. The molecule has 29 heavy (non-hydrogen) atoms. The van der Waals surface area contributed by atoms with Gasteiger partial charge < -0.3 is 10.1 Å². The van der Waals surface area contributed by atoms with Crippen molar-refractivity contribution in [1.82, 2.24) is 0 Å². The Kier molecular flexibility index (Phi) is 6.83. The number of amides is 1. The first-order chi connectivity index (χ1) is 14.0. The van der Waals surface area contributed by atoms with E-state index in [9.17, 15) is 9.59 Å². The quantitative estimate of drug-likeness (QED) is 0.505. The van der Waals surface area contributed by atoms with Crippen LogP contribution in [0.25, 0.3) is 11.1 Å². The molecule has 0 saturated heterocycles. The van der Waals surface area contributed by atoms with Crippen molar-refractivity contribution in [2.45, 2.75) is 33.6 Å². The Hall–Kier alpha value is -2.92. The number of nitrogens with one attached hydrogen (secondary N) is 1. The predicted octanol–water partition coefficient (Wildman–Crippen LogP) is 5.78. The average Bonchev–Trinajstić information content (AvgIpc) is 3.10. The number of carbonyl (C=O) groups excluding carboxylic acids is 2. The lowest BCUT2D eigenvalue weighted by molar-refractivity contribution is -0.116. The van der Waals surface area contributed by atoms with Crippen LogP contribution < -0.4 is 5.32 Å². The number of benzene rings is 2. The zero-order valence-corrected chi connectivity index (χ0v) is 17.8. The van der Waals surface area contributed by atoms with Crippen molar-refractivity contribution < 1.29 is 14.3 Å². The minimum absolute atomic E-state index is 0.117. The van der Waals surface area contributed by atoms with Crippen LogP contribution in [0.2, 0.25) is 0 Å². The molecule has 0 aliphatic carbocycles. The van der Waals surface area contributed by atoms with Crippen molar-refractivity contribution in [3.8, 4) is 11.1 Å². The lowest BCUT2D eigenvalue weighted by Gasteiger charge is -2.11. The normalized spacial score (nSPS) is 10.6. The van der Waals surface area contributed by atoms with Crippen LogP contribution in [0, 0.1) is 13.8 Å². The summed E-state index contributed by atoms with van der Waals surface area (Å²) in [6, 6.07) is 16.0. The molecule has 0 fully saturated rings. The molecule has 150 valence electrons. The molecule has 1 heterocycles. The van der Waals surface area contributed by atoms with Crippen molar-refractivity contribution in [2.75, 3.05) is 11.9 Å². The summed E-state index contributed by atoms with van der Waals surface area (Å²) in [7, 11) is 0. The van der Waals surface area contributed by atoms with Crippen LogP contribution in [0.15, 0.2) is 53.9 Å². The molecule has 0 radical (unpaired) electrons. The predicted molar refractivity (Wildman–Crippen MR) is 119 cm³/mol. The summed E-state index contributed by atoms with van der Waals surface area (Å²) in [6.45, 7) is 6.11. The molecule has 0 spiro atoms. The number of hydrogen-bond acceptors (Lipinski definition) is 4. The van der Waals surface area contributed by atoms with Crippen molar-refractivity contribution in [1.29, 1.82) is 0 Å². The SMILES string of the molecule is CCOC(=O)c1c(-c2ccc(C)cc2C)csc1NC(=O)CCc1ccccc1. The highest BCUT2D eigenvalue weighted by molar-refractivity contribution is 7.15. The van der Waals surface area contributed by atoms with Gasteiger partial charge in [-0.05, 0) is 43.9 Å². The second kappa shape index (κ2) is 9.52. The van der Waals surface area contributed by atoms with E-state index in [0.717, 1.165) is 27.8 Å². The highest BCUT2D eigenvalue weighted by Gasteiger charge is 2.23. The molecule has 1 aromatic heterocycles. The molecule has 3 aromatic rings. The molecule has 0 unspecified atom stereocenters. The molecule has 5 heteroatoms. The van der Waals surface area contributed by atoms with Crippen LogP contribution in [0.5, 0.6) is 0 Å². The van der Waals surface area contributed by atoms with Gasteiger partial charge in [-0.1, -0.05) is 54.1 Å². The number of esters is 1. The van der Waals surface area contributed by atoms with E-state index in [1.54, 1.807) is 6.92 Å². The van der Waals surface area contributed by atoms with Crippen molar-refractivity contribution in [3.05, 3.63) is 76.2 Å². The van der Waals surface area contributed by atoms with Gasteiger partial charge in [0.05, 0.1) is 6.61 Å². The van der Waals surface area contributed by atoms with Gasteiger partial charge in [-0.15, -0.1) is 11.3 Å². The van der Waals surface area contributed by atoms with Crippen LogP contribution in [0.3, 0.4) is 0 Å². The summed E-state index contributed by atoms with van der Waals surface area (Å²) in [5.74, 6) is -0.532. The summed E-state index contributed by atoms with van der Waals surface area (Å²) in [5, 5.41) is 5.37. The molecule has 1 amide bonds. The van der Waals surface area contributed by atoms with E-state index in [4.69, 9.17) is 4.74 Å². The van der Waals surface area contributed by atoms with E-state index in [0.29, 0.717) is 23.4 Å². The molecule has 4 nitrogen and oxygen atoms in total. The maximum Gasteiger partial charge on any atom is 0.341 e. The van der Waals surface area contributed by atoms with Gasteiger partial charge in [0.1, 0.15) is 10.6 Å². The molecule has 0 aliphatic rings. The maximum atomic E-state index is 12.7. The Morgan fingerprint density at radius 3 is 2.48 bits per heavy atom. The molecular formula is C24H25NO3S. The largest absolute Gasteiger partial charge is 0.462 e. The lowest BCUT2D eigenvalue weighted by Crippen LogP contribution is -2.15. The van der Waals surface area contributed by atoms with E-state index in [1.807, 2.05) is 61.7 Å². The van der Waals surface area contributed by atoms with E-state index in [-0.39, 0.29) is 12.5 Å². The smallest absolute Gasteiger partial charge is 0.341 e. The molecule has 2 aromatic carbocycles. The molecular weight excluding hydrogens is 382 g/mol. The van der Waals surface area contributed by atoms with Crippen molar-refractivity contribution >= 4 is 28.2 Å². The van der Waals surface area contributed by atoms with Crippen LogP contribution in [-0.2, 0) is 16.0 Å². The van der Waals surface area contributed by atoms with Crippen molar-refractivity contribution in [2.24, 2.45) is 0 Å². The summed E-state index contributed by atoms with van der Waals surface area (Å²) in [6.07, 6.45) is 1.000. The first-order valence-electron chi connectivity index (χ1n) is 9.69. The zero-order chi connectivity index (χ0) is 20.8. The standard InChI is InChI=1S/C24H25NO3S/c1-4-28-24(27)22-20(19-12-10-16(2)14-17(19)3)15-29-23(22)25-21(26)13-11-18-8-6-5-7-9-18/h5-10,12,14-15H,4,11,13H2,1-3H3,(H,25,26). The fraction of sp³-hybridized carbons (Fsp3) is 0.250. The van der Waals surface area contributed by atoms with Crippen LogP contribution in [-0.4, -0.2) is 18.5 Å². The first kappa shape index (κ1) is 20.8. The highest BCUT2D eigenvalue weighted by Crippen LogP contribution is 2.38. The zero-order valence-electron chi connectivity index (χ0n) is 17.0.